The minimum Gasteiger partial charge on any atom is -0.316 e. The highest BCUT2D eigenvalue weighted by atomic mass is 35.5. The van der Waals surface area contributed by atoms with Gasteiger partial charge < -0.3 is 5.32 Å². The Kier molecular flexibility index (Phi) is 5.72. The largest absolute Gasteiger partial charge is 0.316 e. The highest BCUT2D eigenvalue weighted by Crippen LogP contribution is 2.35. The molecule has 1 aromatic carbocycles. The summed E-state index contributed by atoms with van der Waals surface area (Å²) in [6, 6.07) is 8.30. The van der Waals surface area contributed by atoms with Crippen LogP contribution in [-0.4, -0.2) is 13.1 Å². The van der Waals surface area contributed by atoms with Crippen LogP contribution in [0.2, 0.25) is 5.02 Å². The first kappa shape index (κ1) is 14.9. The van der Waals surface area contributed by atoms with Crippen molar-refractivity contribution in [1.82, 2.24) is 5.32 Å². The highest BCUT2D eigenvalue weighted by Gasteiger charge is 2.27. The van der Waals surface area contributed by atoms with Gasteiger partial charge in [-0.3, -0.25) is 0 Å². The van der Waals surface area contributed by atoms with E-state index in [0.29, 0.717) is 0 Å². The Morgan fingerprint density at radius 2 is 1.95 bits per heavy atom. The Hall–Kier alpha value is -0.530. The molecule has 106 valence electrons. The van der Waals surface area contributed by atoms with Crippen LogP contribution in [0.5, 0.6) is 0 Å². The van der Waals surface area contributed by atoms with Crippen LogP contribution >= 0.6 is 11.6 Å². The van der Waals surface area contributed by atoms with E-state index in [1.165, 1.54) is 24.8 Å². The van der Waals surface area contributed by atoms with Gasteiger partial charge >= 0.3 is 0 Å². The van der Waals surface area contributed by atoms with Crippen molar-refractivity contribution < 1.29 is 0 Å². The molecule has 1 N–H and O–H groups in total. The van der Waals surface area contributed by atoms with Crippen LogP contribution in [0.3, 0.4) is 0 Å². The number of halogens is 1. The second-order valence-electron chi connectivity index (χ2n) is 6.30. The summed E-state index contributed by atoms with van der Waals surface area (Å²) >= 11 is 6.30. The summed E-state index contributed by atoms with van der Waals surface area (Å²) in [6.45, 7) is 6.78. The van der Waals surface area contributed by atoms with Crippen LogP contribution in [0.15, 0.2) is 24.3 Å². The lowest BCUT2D eigenvalue weighted by Gasteiger charge is -2.34. The highest BCUT2D eigenvalue weighted by molar-refractivity contribution is 6.31. The van der Waals surface area contributed by atoms with Crippen LogP contribution in [0.1, 0.15) is 38.7 Å². The molecule has 19 heavy (non-hydrogen) atoms. The van der Waals surface area contributed by atoms with Gasteiger partial charge in [-0.15, -0.1) is 0 Å². The summed E-state index contributed by atoms with van der Waals surface area (Å²) in [5.74, 6) is 2.37. The van der Waals surface area contributed by atoms with E-state index in [2.05, 4.69) is 31.3 Å². The standard InChI is InChI=1S/C17H26ClN/c1-13(2)11-19-12-16(14-7-5-8-14)10-15-6-3-4-9-17(15)18/h3-4,6,9,13-14,16,19H,5,7-8,10-12H2,1-2H3. The second-order valence-corrected chi connectivity index (χ2v) is 6.71. The molecule has 1 fully saturated rings. The first-order valence-electron chi connectivity index (χ1n) is 7.61. The quantitative estimate of drug-likeness (QED) is 0.772. The zero-order valence-corrected chi connectivity index (χ0v) is 12.9. The van der Waals surface area contributed by atoms with Gasteiger partial charge in [0.15, 0.2) is 0 Å². The van der Waals surface area contributed by atoms with Crippen molar-refractivity contribution in [1.29, 1.82) is 0 Å². The summed E-state index contributed by atoms with van der Waals surface area (Å²) < 4.78 is 0. The molecule has 0 radical (unpaired) electrons. The van der Waals surface area contributed by atoms with Crippen LogP contribution in [0.25, 0.3) is 0 Å². The molecular weight excluding hydrogens is 254 g/mol. The average Bonchev–Trinajstić information content (AvgIpc) is 2.29. The molecule has 1 aliphatic carbocycles. The van der Waals surface area contributed by atoms with Gasteiger partial charge in [0.2, 0.25) is 0 Å². The molecular formula is C17H26ClN. The summed E-state index contributed by atoms with van der Waals surface area (Å²) in [4.78, 5) is 0. The van der Waals surface area contributed by atoms with Crippen molar-refractivity contribution in [2.24, 2.45) is 17.8 Å². The van der Waals surface area contributed by atoms with E-state index in [0.717, 1.165) is 42.3 Å². The molecule has 1 atom stereocenters. The topological polar surface area (TPSA) is 12.0 Å². The van der Waals surface area contributed by atoms with Gasteiger partial charge in [0.1, 0.15) is 0 Å². The molecule has 0 aromatic heterocycles. The molecule has 0 saturated heterocycles. The SMILES string of the molecule is CC(C)CNCC(Cc1ccccc1Cl)C1CCC1. The molecule has 0 aliphatic heterocycles. The predicted octanol–water partition coefficient (Wildman–Crippen LogP) is 4.54. The average molecular weight is 280 g/mol. The molecule has 2 heteroatoms. The second kappa shape index (κ2) is 7.31. The fourth-order valence-corrected chi connectivity index (χ4v) is 3.03. The van der Waals surface area contributed by atoms with E-state index in [1.54, 1.807) is 0 Å². The number of hydrogen-bond donors (Lipinski definition) is 1. The molecule has 1 unspecified atom stereocenters. The van der Waals surface area contributed by atoms with Gasteiger partial charge in [0.25, 0.3) is 0 Å². The van der Waals surface area contributed by atoms with Crippen molar-refractivity contribution >= 4 is 11.6 Å². The summed E-state index contributed by atoms with van der Waals surface area (Å²) in [5, 5.41) is 4.56. The van der Waals surface area contributed by atoms with Crippen LogP contribution in [0.4, 0.5) is 0 Å². The molecule has 1 aromatic rings. The third-order valence-electron chi connectivity index (χ3n) is 4.22. The maximum absolute atomic E-state index is 6.30. The molecule has 0 bridgehead atoms. The molecule has 1 nitrogen and oxygen atoms in total. The van der Waals surface area contributed by atoms with Gasteiger partial charge in [-0.05, 0) is 48.9 Å². The number of nitrogens with one attached hydrogen (secondary N) is 1. The van der Waals surface area contributed by atoms with Crippen LogP contribution < -0.4 is 5.32 Å². The molecule has 0 spiro atoms. The predicted molar refractivity (Wildman–Crippen MR) is 83.7 cm³/mol. The third-order valence-corrected chi connectivity index (χ3v) is 4.58. The maximum Gasteiger partial charge on any atom is 0.0438 e. The lowest BCUT2D eigenvalue weighted by Crippen LogP contribution is -2.34. The van der Waals surface area contributed by atoms with E-state index in [9.17, 15) is 0 Å². The molecule has 1 aliphatic rings. The number of benzene rings is 1. The van der Waals surface area contributed by atoms with Crippen molar-refractivity contribution in [3.63, 3.8) is 0 Å². The lowest BCUT2D eigenvalue weighted by molar-refractivity contribution is 0.198. The number of hydrogen-bond acceptors (Lipinski definition) is 1. The van der Waals surface area contributed by atoms with E-state index >= 15 is 0 Å². The fourth-order valence-electron chi connectivity index (χ4n) is 2.82. The molecule has 0 amide bonds. The van der Waals surface area contributed by atoms with Crippen molar-refractivity contribution in [2.75, 3.05) is 13.1 Å². The Bertz CT molecular complexity index is 385. The fraction of sp³-hybridized carbons (Fsp3) is 0.647. The Morgan fingerprint density at radius 1 is 1.21 bits per heavy atom. The van der Waals surface area contributed by atoms with Gasteiger partial charge in [-0.2, -0.15) is 0 Å². The molecule has 0 heterocycles. The van der Waals surface area contributed by atoms with Crippen LogP contribution in [0, 0.1) is 17.8 Å². The first-order valence-corrected chi connectivity index (χ1v) is 7.98. The lowest BCUT2D eigenvalue weighted by atomic mass is 9.73. The monoisotopic (exact) mass is 279 g/mol. The summed E-state index contributed by atoms with van der Waals surface area (Å²) in [7, 11) is 0. The summed E-state index contributed by atoms with van der Waals surface area (Å²) in [5.41, 5.74) is 1.31. The van der Waals surface area contributed by atoms with Crippen molar-refractivity contribution in [3.05, 3.63) is 34.9 Å². The zero-order chi connectivity index (χ0) is 13.7. The molecule has 1 saturated carbocycles. The van der Waals surface area contributed by atoms with E-state index in [1.807, 2.05) is 12.1 Å². The molecule has 2 rings (SSSR count). The van der Waals surface area contributed by atoms with Crippen LogP contribution in [-0.2, 0) is 6.42 Å². The minimum absolute atomic E-state index is 0.724. The third kappa shape index (κ3) is 4.50. The number of rotatable bonds is 7. The smallest absolute Gasteiger partial charge is 0.0438 e. The first-order chi connectivity index (χ1) is 9.16. The van der Waals surface area contributed by atoms with Crippen molar-refractivity contribution in [2.45, 2.75) is 39.5 Å². The Balaban J connectivity index is 1.92. The van der Waals surface area contributed by atoms with E-state index in [-0.39, 0.29) is 0 Å². The van der Waals surface area contributed by atoms with Gasteiger partial charge in [0.05, 0.1) is 0 Å². The zero-order valence-electron chi connectivity index (χ0n) is 12.2. The van der Waals surface area contributed by atoms with E-state index < -0.39 is 0 Å². The summed E-state index contributed by atoms with van der Waals surface area (Å²) in [6.07, 6.45) is 5.33. The normalized spacial score (nSPS) is 17.5. The Labute approximate surface area is 122 Å². The van der Waals surface area contributed by atoms with Gasteiger partial charge in [-0.1, -0.05) is 62.9 Å². The van der Waals surface area contributed by atoms with Gasteiger partial charge in [0, 0.05) is 5.02 Å². The van der Waals surface area contributed by atoms with Gasteiger partial charge in [-0.25, -0.2) is 0 Å². The Morgan fingerprint density at radius 3 is 2.53 bits per heavy atom. The van der Waals surface area contributed by atoms with Crippen molar-refractivity contribution in [3.8, 4) is 0 Å². The maximum atomic E-state index is 6.30. The van der Waals surface area contributed by atoms with E-state index in [4.69, 9.17) is 11.6 Å². The minimum atomic E-state index is 0.724.